The van der Waals surface area contributed by atoms with E-state index in [1.807, 2.05) is 18.2 Å². The van der Waals surface area contributed by atoms with Gasteiger partial charge in [0.25, 0.3) is 5.91 Å². The van der Waals surface area contributed by atoms with E-state index in [0.717, 1.165) is 5.56 Å². The molecule has 0 radical (unpaired) electrons. The SMILES string of the molecule is C=CCOc1ccccc1C(=O)NCc1ccc(-n2cncn2)nc1. The molecule has 7 heteroatoms. The predicted molar refractivity (Wildman–Crippen MR) is 92.5 cm³/mol. The molecule has 0 aliphatic heterocycles. The summed E-state index contributed by atoms with van der Waals surface area (Å²) in [5.74, 6) is 0.982. The van der Waals surface area contributed by atoms with E-state index in [1.165, 1.54) is 6.33 Å². The molecule has 2 aromatic heterocycles. The van der Waals surface area contributed by atoms with Crippen molar-refractivity contribution < 1.29 is 9.53 Å². The second kappa shape index (κ2) is 7.87. The number of hydrogen-bond donors (Lipinski definition) is 1. The molecule has 1 N–H and O–H groups in total. The van der Waals surface area contributed by atoms with Crippen molar-refractivity contribution in [1.82, 2.24) is 25.1 Å². The molecule has 3 aromatic rings. The average molecular weight is 335 g/mol. The van der Waals surface area contributed by atoms with E-state index in [9.17, 15) is 4.79 Å². The lowest BCUT2D eigenvalue weighted by Gasteiger charge is -2.10. The van der Waals surface area contributed by atoms with Crippen molar-refractivity contribution in [2.24, 2.45) is 0 Å². The van der Waals surface area contributed by atoms with Crippen molar-refractivity contribution >= 4 is 5.91 Å². The first-order valence-electron chi connectivity index (χ1n) is 7.69. The number of aromatic nitrogens is 4. The topological polar surface area (TPSA) is 81.9 Å². The molecule has 0 fully saturated rings. The van der Waals surface area contributed by atoms with Gasteiger partial charge in [-0.25, -0.2) is 14.6 Å². The van der Waals surface area contributed by atoms with Crippen LogP contribution in [0.4, 0.5) is 0 Å². The number of amides is 1. The molecule has 1 amide bonds. The lowest BCUT2D eigenvalue weighted by molar-refractivity contribution is 0.0947. The Morgan fingerprint density at radius 1 is 1.28 bits per heavy atom. The lowest BCUT2D eigenvalue weighted by atomic mass is 10.2. The van der Waals surface area contributed by atoms with Crippen LogP contribution in [0.2, 0.25) is 0 Å². The number of nitrogens with zero attached hydrogens (tertiary/aromatic N) is 4. The van der Waals surface area contributed by atoms with Crippen LogP contribution in [0.5, 0.6) is 5.75 Å². The molecular weight excluding hydrogens is 318 g/mol. The monoisotopic (exact) mass is 335 g/mol. The quantitative estimate of drug-likeness (QED) is 0.669. The van der Waals surface area contributed by atoms with Gasteiger partial charge in [-0.2, -0.15) is 5.10 Å². The number of nitrogens with one attached hydrogen (secondary N) is 1. The summed E-state index contributed by atoms with van der Waals surface area (Å²) in [7, 11) is 0. The molecule has 0 bridgehead atoms. The summed E-state index contributed by atoms with van der Waals surface area (Å²) < 4.78 is 7.07. The summed E-state index contributed by atoms with van der Waals surface area (Å²) in [6.07, 6.45) is 6.35. The summed E-state index contributed by atoms with van der Waals surface area (Å²) in [6.45, 7) is 4.31. The van der Waals surface area contributed by atoms with Crippen molar-refractivity contribution in [3.63, 3.8) is 0 Å². The van der Waals surface area contributed by atoms with Crippen molar-refractivity contribution in [3.8, 4) is 11.6 Å². The Morgan fingerprint density at radius 3 is 2.88 bits per heavy atom. The number of hydrogen-bond acceptors (Lipinski definition) is 5. The fourth-order valence-corrected chi connectivity index (χ4v) is 2.19. The highest BCUT2D eigenvalue weighted by Gasteiger charge is 2.11. The molecule has 0 atom stereocenters. The predicted octanol–water partition coefficient (Wildman–Crippen LogP) is 2.16. The fourth-order valence-electron chi connectivity index (χ4n) is 2.19. The van der Waals surface area contributed by atoms with Gasteiger partial charge in [0.05, 0.1) is 5.56 Å². The Bertz CT molecular complexity index is 844. The highest BCUT2D eigenvalue weighted by atomic mass is 16.5. The normalized spacial score (nSPS) is 10.2. The standard InChI is InChI=1S/C18H17N5O2/c1-2-9-25-16-6-4-3-5-15(16)18(24)21-11-14-7-8-17(20-10-14)23-13-19-12-22-23/h2-8,10,12-13H,1,9,11H2,(H,21,24). The van der Waals surface area contributed by atoms with Crippen LogP contribution in [-0.2, 0) is 6.54 Å². The first-order chi connectivity index (χ1) is 12.3. The van der Waals surface area contributed by atoms with E-state index in [2.05, 4.69) is 27.0 Å². The molecule has 0 aliphatic rings. The molecule has 0 unspecified atom stereocenters. The number of para-hydroxylation sites is 1. The lowest BCUT2D eigenvalue weighted by Crippen LogP contribution is -2.23. The summed E-state index contributed by atoms with van der Waals surface area (Å²) in [4.78, 5) is 20.6. The summed E-state index contributed by atoms with van der Waals surface area (Å²) in [5.41, 5.74) is 1.36. The first kappa shape index (κ1) is 16.4. The Morgan fingerprint density at radius 2 is 2.16 bits per heavy atom. The molecule has 25 heavy (non-hydrogen) atoms. The van der Waals surface area contributed by atoms with Gasteiger partial charge in [0.1, 0.15) is 25.0 Å². The van der Waals surface area contributed by atoms with E-state index < -0.39 is 0 Å². The third-order valence-corrected chi connectivity index (χ3v) is 3.40. The van der Waals surface area contributed by atoms with Crippen LogP contribution < -0.4 is 10.1 Å². The molecule has 1 aromatic carbocycles. The minimum atomic E-state index is -0.208. The van der Waals surface area contributed by atoms with Crippen LogP contribution in [0.1, 0.15) is 15.9 Å². The largest absolute Gasteiger partial charge is 0.489 e. The van der Waals surface area contributed by atoms with Gasteiger partial charge in [0.15, 0.2) is 5.82 Å². The van der Waals surface area contributed by atoms with Crippen molar-refractivity contribution in [2.75, 3.05) is 6.61 Å². The number of carbonyl (C=O) groups excluding carboxylic acids is 1. The fraction of sp³-hybridized carbons (Fsp3) is 0.111. The van der Waals surface area contributed by atoms with Gasteiger partial charge >= 0.3 is 0 Å². The van der Waals surface area contributed by atoms with Gasteiger partial charge in [-0.1, -0.05) is 30.9 Å². The Labute approximate surface area is 145 Å². The van der Waals surface area contributed by atoms with Crippen LogP contribution in [0.25, 0.3) is 5.82 Å². The van der Waals surface area contributed by atoms with E-state index in [0.29, 0.717) is 30.3 Å². The van der Waals surface area contributed by atoms with Gasteiger partial charge in [0, 0.05) is 12.7 Å². The maximum Gasteiger partial charge on any atom is 0.255 e. The molecule has 0 saturated heterocycles. The molecule has 126 valence electrons. The minimum Gasteiger partial charge on any atom is -0.489 e. The van der Waals surface area contributed by atoms with Crippen molar-refractivity contribution in [2.45, 2.75) is 6.54 Å². The molecule has 0 spiro atoms. The third-order valence-electron chi connectivity index (χ3n) is 3.40. The van der Waals surface area contributed by atoms with Crippen LogP contribution in [0, 0.1) is 0 Å². The Hall–Kier alpha value is -3.48. The van der Waals surface area contributed by atoms with Crippen LogP contribution in [0.3, 0.4) is 0 Å². The van der Waals surface area contributed by atoms with Crippen LogP contribution >= 0.6 is 0 Å². The highest BCUT2D eigenvalue weighted by Crippen LogP contribution is 2.18. The summed E-state index contributed by atoms with van der Waals surface area (Å²) in [6, 6.07) is 10.8. The molecule has 3 rings (SSSR count). The molecule has 7 nitrogen and oxygen atoms in total. The van der Waals surface area contributed by atoms with Crippen molar-refractivity contribution in [3.05, 3.63) is 79.0 Å². The number of pyridine rings is 1. The zero-order chi connectivity index (χ0) is 17.5. The van der Waals surface area contributed by atoms with E-state index in [1.54, 1.807) is 41.5 Å². The summed E-state index contributed by atoms with van der Waals surface area (Å²) >= 11 is 0. The van der Waals surface area contributed by atoms with Gasteiger partial charge in [0.2, 0.25) is 0 Å². The van der Waals surface area contributed by atoms with E-state index >= 15 is 0 Å². The van der Waals surface area contributed by atoms with Gasteiger partial charge < -0.3 is 10.1 Å². The van der Waals surface area contributed by atoms with Gasteiger partial charge in [-0.05, 0) is 23.8 Å². The highest BCUT2D eigenvalue weighted by molar-refractivity contribution is 5.96. The second-order valence-corrected chi connectivity index (χ2v) is 5.14. The molecule has 0 saturated carbocycles. The summed E-state index contributed by atoms with van der Waals surface area (Å²) in [5, 5.41) is 6.88. The Kier molecular flexibility index (Phi) is 5.16. The second-order valence-electron chi connectivity index (χ2n) is 5.14. The number of carbonyl (C=O) groups is 1. The van der Waals surface area contributed by atoms with Gasteiger partial charge in [-0.15, -0.1) is 0 Å². The zero-order valence-electron chi connectivity index (χ0n) is 13.5. The van der Waals surface area contributed by atoms with Crippen molar-refractivity contribution in [1.29, 1.82) is 0 Å². The molecular formula is C18H17N5O2. The molecule has 0 aliphatic carbocycles. The average Bonchev–Trinajstić information content (AvgIpc) is 3.20. The number of ether oxygens (including phenoxy) is 1. The van der Waals surface area contributed by atoms with E-state index in [-0.39, 0.29) is 5.91 Å². The molecule has 2 heterocycles. The minimum absolute atomic E-state index is 0.208. The number of benzene rings is 1. The first-order valence-corrected chi connectivity index (χ1v) is 7.69. The Balaban J connectivity index is 1.63. The van der Waals surface area contributed by atoms with E-state index in [4.69, 9.17) is 4.74 Å². The smallest absolute Gasteiger partial charge is 0.255 e. The third kappa shape index (κ3) is 4.08. The van der Waals surface area contributed by atoms with Crippen LogP contribution in [-0.4, -0.2) is 32.3 Å². The maximum absolute atomic E-state index is 12.4. The maximum atomic E-state index is 12.4. The number of rotatable bonds is 7. The van der Waals surface area contributed by atoms with Crippen LogP contribution in [0.15, 0.2) is 67.9 Å². The zero-order valence-corrected chi connectivity index (χ0v) is 13.5. The van der Waals surface area contributed by atoms with Gasteiger partial charge in [-0.3, -0.25) is 4.79 Å².